The Balaban J connectivity index is 0.000000426. The largest absolute Gasteiger partial charge is 0.316 e. The highest BCUT2D eigenvalue weighted by Gasteiger charge is 2.29. The molecular formula is C38H43N3. The van der Waals surface area contributed by atoms with E-state index in [-0.39, 0.29) is 0 Å². The first-order chi connectivity index (χ1) is 19.8. The van der Waals surface area contributed by atoms with E-state index in [9.17, 15) is 0 Å². The number of fused-ring (bicyclic) bond motifs is 1. The van der Waals surface area contributed by atoms with E-state index in [1.54, 1.807) is 6.08 Å². The van der Waals surface area contributed by atoms with Gasteiger partial charge in [-0.1, -0.05) is 91.1 Å². The van der Waals surface area contributed by atoms with Gasteiger partial charge < -0.3 is 4.57 Å². The highest BCUT2D eigenvalue weighted by Crippen LogP contribution is 2.37. The molecule has 1 atom stereocenters. The number of hydrogen-bond acceptors (Lipinski definition) is 2. The maximum Gasteiger partial charge on any atom is 0.0708 e. The van der Waals surface area contributed by atoms with Crippen LogP contribution in [0.2, 0.25) is 0 Å². The van der Waals surface area contributed by atoms with Gasteiger partial charge in [0.25, 0.3) is 0 Å². The summed E-state index contributed by atoms with van der Waals surface area (Å²) < 4.78 is 2.47. The molecule has 3 nitrogen and oxygen atoms in total. The van der Waals surface area contributed by atoms with E-state index in [1.807, 2.05) is 30.5 Å². The highest BCUT2D eigenvalue weighted by molar-refractivity contribution is 5.71. The van der Waals surface area contributed by atoms with Gasteiger partial charge in [0.15, 0.2) is 0 Å². The van der Waals surface area contributed by atoms with Crippen LogP contribution in [0.15, 0.2) is 115 Å². The van der Waals surface area contributed by atoms with E-state index in [0.717, 1.165) is 24.2 Å². The minimum absolute atomic E-state index is 0.389. The molecule has 1 aliphatic rings. The predicted octanol–water partition coefficient (Wildman–Crippen LogP) is 9.79. The number of rotatable bonds is 6. The zero-order valence-electron chi connectivity index (χ0n) is 25.4. The van der Waals surface area contributed by atoms with Gasteiger partial charge in [0.2, 0.25) is 0 Å². The summed E-state index contributed by atoms with van der Waals surface area (Å²) in [5.41, 5.74) is 12.7. The number of pyridine rings is 1. The Bertz CT molecular complexity index is 1550. The molecule has 2 aromatic carbocycles. The summed E-state index contributed by atoms with van der Waals surface area (Å²) in [6.07, 6.45) is 15.1. The Morgan fingerprint density at radius 3 is 2.34 bits per heavy atom. The van der Waals surface area contributed by atoms with Crippen molar-refractivity contribution < 1.29 is 0 Å². The Labute approximate surface area is 246 Å². The first-order valence-corrected chi connectivity index (χ1v) is 14.5. The Kier molecular flexibility index (Phi) is 10.1. The molecule has 4 aromatic rings. The van der Waals surface area contributed by atoms with Crippen LogP contribution in [-0.4, -0.2) is 28.0 Å². The molecule has 1 aliphatic heterocycles. The van der Waals surface area contributed by atoms with Gasteiger partial charge in [-0.3, -0.25) is 9.88 Å². The van der Waals surface area contributed by atoms with Crippen LogP contribution in [0.1, 0.15) is 56.3 Å². The summed E-state index contributed by atoms with van der Waals surface area (Å²) >= 11 is 0. The van der Waals surface area contributed by atoms with Gasteiger partial charge in [-0.2, -0.15) is 0 Å². The third kappa shape index (κ3) is 6.93. The molecule has 0 N–H and O–H groups in total. The van der Waals surface area contributed by atoms with Crippen molar-refractivity contribution in [3.63, 3.8) is 0 Å². The summed E-state index contributed by atoms with van der Waals surface area (Å²) in [6.45, 7) is 15.5. The normalized spacial score (nSPS) is 14.9. The summed E-state index contributed by atoms with van der Waals surface area (Å²) in [6, 6.07) is 24.0. The average molecular weight is 542 g/mol. The summed E-state index contributed by atoms with van der Waals surface area (Å²) in [7, 11) is 2.23. The van der Waals surface area contributed by atoms with E-state index in [1.165, 1.54) is 44.9 Å². The molecule has 1 unspecified atom stereocenters. The standard InChI is InChI=1S/C30H31N3.C8H12/c1-5-9-27-21(2)33(30-22(3)32(4)19-17-28(27)30)26-14-12-23(13-15-26)25-16-18-31-29(20-25)24-10-7-6-8-11-24;1-4-5-6-7-8(2)3/h5-16,18,20,22H,17,19H2,1-4H3;4-7H,1H2,2-3H3/b9-5-;6-5-. The number of allylic oxidation sites excluding steroid dienone is 6. The maximum atomic E-state index is 4.58. The molecule has 0 amide bonds. The molecule has 3 heterocycles. The molecule has 41 heavy (non-hydrogen) atoms. The van der Waals surface area contributed by atoms with Crippen LogP contribution in [0.5, 0.6) is 0 Å². The van der Waals surface area contributed by atoms with E-state index < -0.39 is 0 Å². The van der Waals surface area contributed by atoms with Crippen LogP contribution in [-0.2, 0) is 6.42 Å². The molecule has 0 saturated heterocycles. The number of benzene rings is 2. The number of likely N-dealkylation sites (N-methyl/N-ethyl adjacent to an activating group) is 1. The quantitative estimate of drug-likeness (QED) is 0.227. The van der Waals surface area contributed by atoms with E-state index in [0.29, 0.717) is 6.04 Å². The van der Waals surface area contributed by atoms with Crippen LogP contribution >= 0.6 is 0 Å². The Morgan fingerprint density at radius 2 is 1.68 bits per heavy atom. The van der Waals surface area contributed by atoms with E-state index in [4.69, 9.17) is 0 Å². The lowest BCUT2D eigenvalue weighted by Gasteiger charge is -2.32. The molecule has 210 valence electrons. The van der Waals surface area contributed by atoms with Crippen molar-refractivity contribution >= 4 is 6.08 Å². The fourth-order valence-corrected chi connectivity index (χ4v) is 5.41. The van der Waals surface area contributed by atoms with Crippen molar-refractivity contribution in [2.45, 2.75) is 47.1 Å². The van der Waals surface area contributed by atoms with Crippen molar-refractivity contribution in [3.05, 3.63) is 138 Å². The first kappa shape index (κ1) is 29.8. The van der Waals surface area contributed by atoms with Crippen molar-refractivity contribution in [2.75, 3.05) is 13.6 Å². The SMILES string of the molecule is C/C=C\c1c2c(n(-c3ccc(-c4ccnc(-c5ccccc5)c4)cc3)c1C)C(C)N(C)CC2.C=C/C=C\C=C(C)C. The smallest absolute Gasteiger partial charge is 0.0708 e. The molecule has 0 spiro atoms. The zero-order valence-corrected chi connectivity index (χ0v) is 25.4. The number of nitrogens with zero attached hydrogens (tertiary/aromatic N) is 3. The fraction of sp³-hybridized carbons (Fsp3) is 0.237. The predicted molar refractivity (Wildman–Crippen MR) is 177 cm³/mol. The lowest BCUT2D eigenvalue weighted by atomic mass is 9.97. The summed E-state index contributed by atoms with van der Waals surface area (Å²) in [4.78, 5) is 7.03. The van der Waals surface area contributed by atoms with Crippen molar-refractivity contribution in [1.29, 1.82) is 0 Å². The minimum atomic E-state index is 0.389. The molecule has 3 heteroatoms. The number of hydrogen-bond donors (Lipinski definition) is 0. The van der Waals surface area contributed by atoms with Gasteiger partial charge in [-0.25, -0.2) is 0 Å². The Hall–Kier alpha value is -4.21. The molecule has 2 aromatic heterocycles. The van der Waals surface area contributed by atoms with Gasteiger partial charge in [0.05, 0.1) is 5.69 Å². The molecule has 5 rings (SSSR count). The van der Waals surface area contributed by atoms with Gasteiger partial charge >= 0.3 is 0 Å². The van der Waals surface area contributed by atoms with Gasteiger partial charge in [-0.05, 0) is 94.6 Å². The van der Waals surface area contributed by atoms with Crippen LogP contribution in [0.25, 0.3) is 34.1 Å². The van der Waals surface area contributed by atoms with Crippen molar-refractivity contribution in [3.8, 4) is 28.1 Å². The monoisotopic (exact) mass is 541 g/mol. The molecular weight excluding hydrogens is 498 g/mol. The first-order valence-electron chi connectivity index (χ1n) is 14.5. The lowest BCUT2D eigenvalue weighted by molar-refractivity contribution is 0.240. The Morgan fingerprint density at radius 1 is 0.951 bits per heavy atom. The van der Waals surface area contributed by atoms with Crippen LogP contribution < -0.4 is 0 Å². The van der Waals surface area contributed by atoms with E-state index >= 15 is 0 Å². The highest BCUT2D eigenvalue weighted by atomic mass is 15.2. The molecule has 0 bridgehead atoms. The number of aromatic nitrogens is 2. The second-order valence-electron chi connectivity index (χ2n) is 10.8. The minimum Gasteiger partial charge on any atom is -0.316 e. The third-order valence-corrected chi connectivity index (χ3v) is 7.67. The summed E-state index contributed by atoms with van der Waals surface area (Å²) in [5.74, 6) is 0. The molecule has 0 radical (unpaired) electrons. The topological polar surface area (TPSA) is 21.1 Å². The van der Waals surface area contributed by atoms with E-state index in [2.05, 4.69) is 136 Å². The fourth-order valence-electron chi connectivity index (χ4n) is 5.41. The molecule has 0 aliphatic carbocycles. The van der Waals surface area contributed by atoms with Crippen molar-refractivity contribution in [1.82, 2.24) is 14.5 Å². The van der Waals surface area contributed by atoms with Gasteiger partial charge in [0, 0.05) is 41.4 Å². The van der Waals surface area contributed by atoms with Gasteiger partial charge in [-0.15, -0.1) is 0 Å². The van der Waals surface area contributed by atoms with Crippen LogP contribution in [0.4, 0.5) is 0 Å². The zero-order chi connectivity index (χ0) is 29.4. The maximum absolute atomic E-state index is 4.58. The van der Waals surface area contributed by atoms with Crippen LogP contribution in [0.3, 0.4) is 0 Å². The second-order valence-corrected chi connectivity index (χ2v) is 10.8. The molecule has 0 fully saturated rings. The average Bonchev–Trinajstić information content (AvgIpc) is 3.27. The van der Waals surface area contributed by atoms with Crippen molar-refractivity contribution in [2.24, 2.45) is 0 Å². The third-order valence-electron chi connectivity index (χ3n) is 7.67. The lowest BCUT2D eigenvalue weighted by Crippen LogP contribution is -2.31. The summed E-state index contributed by atoms with van der Waals surface area (Å²) in [5, 5.41) is 0. The van der Waals surface area contributed by atoms with Gasteiger partial charge in [0.1, 0.15) is 0 Å². The van der Waals surface area contributed by atoms with Crippen LogP contribution in [0, 0.1) is 6.92 Å². The molecule has 0 saturated carbocycles. The second kappa shape index (κ2) is 13.9.